The topological polar surface area (TPSA) is 49.4 Å². The normalized spacial score (nSPS) is 14.8. The van der Waals surface area contributed by atoms with E-state index in [2.05, 4.69) is 17.4 Å². The highest BCUT2D eigenvalue weighted by Gasteiger charge is 2.30. The highest BCUT2D eigenvalue weighted by molar-refractivity contribution is 7.99. The van der Waals surface area contributed by atoms with Crippen molar-refractivity contribution in [2.24, 2.45) is 0 Å². The van der Waals surface area contributed by atoms with E-state index < -0.39 is 6.04 Å². The Balaban J connectivity index is 1.64. The molecule has 1 N–H and O–H groups in total. The second-order valence-corrected chi connectivity index (χ2v) is 10.3. The Labute approximate surface area is 211 Å². The molecule has 0 bridgehead atoms. The number of nitrogens with one attached hydrogen (secondary N) is 1. The summed E-state index contributed by atoms with van der Waals surface area (Å²) < 4.78 is 0. The first-order valence-electron chi connectivity index (χ1n) is 11.6. The zero-order valence-corrected chi connectivity index (χ0v) is 21.4. The molecule has 0 aliphatic heterocycles. The number of hydrogen-bond acceptors (Lipinski definition) is 3. The number of carbonyl (C=O) groups is 2. The van der Waals surface area contributed by atoms with Gasteiger partial charge in [-0.2, -0.15) is 0 Å². The first-order chi connectivity index (χ1) is 16.0. The van der Waals surface area contributed by atoms with Gasteiger partial charge in [0, 0.05) is 18.3 Å². The lowest BCUT2D eigenvalue weighted by Crippen LogP contribution is -2.52. The van der Waals surface area contributed by atoms with Gasteiger partial charge in [-0.1, -0.05) is 79.4 Å². The number of thioether (sulfide) groups is 1. The number of carbonyl (C=O) groups excluding carboxylic acids is 2. The third-order valence-electron chi connectivity index (χ3n) is 6.05. The molecule has 0 saturated heterocycles. The number of hydrogen-bond donors (Lipinski definition) is 1. The molecule has 2 amide bonds. The van der Waals surface area contributed by atoms with Crippen LogP contribution in [0.3, 0.4) is 0 Å². The van der Waals surface area contributed by atoms with E-state index in [9.17, 15) is 9.59 Å². The highest BCUT2D eigenvalue weighted by Crippen LogP contribution is 2.25. The number of benzene rings is 2. The van der Waals surface area contributed by atoms with Crippen LogP contribution in [0.25, 0.3) is 0 Å². The smallest absolute Gasteiger partial charge is 0.243 e. The summed E-state index contributed by atoms with van der Waals surface area (Å²) in [6, 6.07) is 15.4. The monoisotopic (exact) mass is 506 g/mol. The molecule has 1 saturated carbocycles. The molecule has 0 radical (unpaired) electrons. The largest absolute Gasteiger partial charge is 0.352 e. The fraction of sp³-hybridized carbons (Fsp3) is 0.462. The van der Waals surface area contributed by atoms with Crippen LogP contribution in [0.2, 0.25) is 10.0 Å². The van der Waals surface area contributed by atoms with Gasteiger partial charge in [0.15, 0.2) is 0 Å². The lowest BCUT2D eigenvalue weighted by atomic mass is 10.1. The van der Waals surface area contributed by atoms with Gasteiger partial charge in [0.2, 0.25) is 11.8 Å². The second kappa shape index (κ2) is 13.3. The quantitative estimate of drug-likeness (QED) is 0.398. The second-order valence-electron chi connectivity index (χ2n) is 8.48. The van der Waals surface area contributed by atoms with E-state index in [1.807, 2.05) is 37.3 Å². The Hall–Kier alpha value is -1.69. The van der Waals surface area contributed by atoms with E-state index >= 15 is 0 Å². The minimum absolute atomic E-state index is 0.00980. The van der Waals surface area contributed by atoms with Gasteiger partial charge >= 0.3 is 0 Å². The zero-order valence-electron chi connectivity index (χ0n) is 19.1. The van der Waals surface area contributed by atoms with Crippen molar-refractivity contribution in [3.05, 3.63) is 69.7 Å². The van der Waals surface area contributed by atoms with Crippen LogP contribution in [0.15, 0.2) is 48.5 Å². The molecule has 7 heteroatoms. The average Bonchev–Trinajstić information content (AvgIpc) is 3.32. The van der Waals surface area contributed by atoms with E-state index in [4.69, 9.17) is 23.2 Å². The zero-order chi connectivity index (χ0) is 23.6. The molecule has 3 rings (SSSR count). The fourth-order valence-corrected chi connectivity index (χ4v) is 5.41. The summed E-state index contributed by atoms with van der Waals surface area (Å²) >= 11 is 13.6. The summed E-state index contributed by atoms with van der Waals surface area (Å²) in [7, 11) is 0. The molecule has 0 spiro atoms. The lowest BCUT2D eigenvalue weighted by molar-refractivity contribution is -0.139. The average molecular weight is 508 g/mol. The van der Waals surface area contributed by atoms with Crippen LogP contribution < -0.4 is 5.32 Å². The summed E-state index contributed by atoms with van der Waals surface area (Å²) in [6.45, 7) is 2.50. The van der Waals surface area contributed by atoms with Gasteiger partial charge in [-0.15, -0.1) is 11.8 Å². The summed E-state index contributed by atoms with van der Waals surface area (Å²) in [5.41, 5.74) is 2.17. The van der Waals surface area contributed by atoms with Crippen molar-refractivity contribution in [1.82, 2.24) is 10.2 Å². The molecular formula is C26H32Cl2N2O2S. The first-order valence-corrected chi connectivity index (χ1v) is 13.5. The van der Waals surface area contributed by atoms with E-state index in [1.165, 1.54) is 11.8 Å². The molecule has 2 aromatic carbocycles. The van der Waals surface area contributed by atoms with Gasteiger partial charge < -0.3 is 10.2 Å². The predicted octanol–water partition coefficient (Wildman–Crippen LogP) is 6.14. The fourth-order valence-electron chi connectivity index (χ4n) is 4.23. The minimum Gasteiger partial charge on any atom is -0.352 e. The Morgan fingerprint density at radius 3 is 2.45 bits per heavy atom. The Bertz CT molecular complexity index is 920. The van der Waals surface area contributed by atoms with Crippen molar-refractivity contribution < 1.29 is 9.59 Å². The lowest BCUT2D eigenvalue weighted by Gasteiger charge is -2.31. The third kappa shape index (κ3) is 7.94. The molecular weight excluding hydrogens is 475 g/mol. The van der Waals surface area contributed by atoms with E-state index in [0.29, 0.717) is 34.5 Å². The van der Waals surface area contributed by atoms with Gasteiger partial charge in [0.1, 0.15) is 6.04 Å². The van der Waals surface area contributed by atoms with Gasteiger partial charge in [0.05, 0.1) is 15.8 Å². The van der Waals surface area contributed by atoms with Crippen LogP contribution in [0.5, 0.6) is 0 Å². The van der Waals surface area contributed by atoms with Crippen molar-refractivity contribution in [3.63, 3.8) is 0 Å². The molecule has 4 nitrogen and oxygen atoms in total. The van der Waals surface area contributed by atoms with Crippen LogP contribution in [0, 0.1) is 0 Å². The van der Waals surface area contributed by atoms with Crippen LogP contribution in [0.1, 0.15) is 50.2 Å². The number of nitrogens with zero attached hydrogens (tertiary/aromatic N) is 1. The number of amides is 2. The molecule has 0 heterocycles. The molecule has 178 valence electrons. The summed E-state index contributed by atoms with van der Waals surface area (Å²) in [5.74, 6) is 0.923. The number of halogens is 2. The Kier molecular flexibility index (Phi) is 10.4. The van der Waals surface area contributed by atoms with E-state index in [0.717, 1.165) is 43.2 Å². The van der Waals surface area contributed by atoms with Crippen molar-refractivity contribution >= 4 is 46.8 Å². The Morgan fingerprint density at radius 1 is 1.06 bits per heavy atom. The van der Waals surface area contributed by atoms with Gasteiger partial charge in [-0.3, -0.25) is 9.59 Å². The highest BCUT2D eigenvalue weighted by atomic mass is 35.5. The van der Waals surface area contributed by atoms with Crippen LogP contribution in [0.4, 0.5) is 0 Å². The standard InChI is InChI=1S/C26H32Cl2N2O2S/c1-2-24(26(32)29-21-10-6-7-11-21)30(15-14-19-8-4-3-5-9-19)25(31)18-33-17-20-12-13-22(27)23(28)16-20/h3-5,8-9,12-13,16,21,24H,2,6-7,10-11,14-15,17-18H2,1H3,(H,29,32)/t24-/m1/s1. The summed E-state index contributed by atoms with van der Waals surface area (Å²) in [6.07, 6.45) is 5.68. The SMILES string of the molecule is CC[C@H](C(=O)NC1CCCC1)N(CCc1ccccc1)C(=O)CSCc1ccc(Cl)c(Cl)c1. The van der Waals surface area contributed by atoms with Crippen molar-refractivity contribution in [1.29, 1.82) is 0 Å². The Morgan fingerprint density at radius 2 is 1.79 bits per heavy atom. The minimum atomic E-state index is -0.451. The van der Waals surface area contributed by atoms with E-state index in [1.54, 1.807) is 11.0 Å². The molecule has 33 heavy (non-hydrogen) atoms. The van der Waals surface area contributed by atoms with Crippen LogP contribution in [-0.4, -0.2) is 41.1 Å². The van der Waals surface area contributed by atoms with Crippen molar-refractivity contribution in [2.45, 2.75) is 63.3 Å². The summed E-state index contributed by atoms with van der Waals surface area (Å²) in [5, 5.41) is 4.23. The predicted molar refractivity (Wildman–Crippen MR) is 139 cm³/mol. The molecule has 1 fully saturated rings. The maximum absolute atomic E-state index is 13.3. The van der Waals surface area contributed by atoms with Gasteiger partial charge in [0.25, 0.3) is 0 Å². The molecule has 2 aromatic rings. The van der Waals surface area contributed by atoms with Crippen LogP contribution in [-0.2, 0) is 21.8 Å². The third-order valence-corrected chi connectivity index (χ3v) is 7.78. The molecule has 1 aliphatic rings. The molecule has 1 atom stereocenters. The van der Waals surface area contributed by atoms with Crippen molar-refractivity contribution in [3.8, 4) is 0 Å². The van der Waals surface area contributed by atoms with Gasteiger partial charge in [-0.05, 0) is 48.9 Å². The maximum Gasteiger partial charge on any atom is 0.243 e. The van der Waals surface area contributed by atoms with Crippen LogP contribution >= 0.6 is 35.0 Å². The maximum atomic E-state index is 13.3. The van der Waals surface area contributed by atoms with E-state index in [-0.39, 0.29) is 17.9 Å². The molecule has 1 aliphatic carbocycles. The van der Waals surface area contributed by atoms with Crippen molar-refractivity contribution in [2.75, 3.05) is 12.3 Å². The van der Waals surface area contributed by atoms with Gasteiger partial charge in [-0.25, -0.2) is 0 Å². The molecule has 0 unspecified atom stereocenters. The summed E-state index contributed by atoms with van der Waals surface area (Å²) in [4.78, 5) is 28.2. The number of rotatable bonds is 11. The first kappa shape index (κ1) is 25.9. The molecule has 0 aromatic heterocycles.